The molecule has 27 heavy (non-hydrogen) atoms. The fraction of sp³-hybridized carbons (Fsp3) is 0.250. The Morgan fingerprint density at radius 1 is 1.11 bits per heavy atom. The number of carbonyl (C=O) groups is 1. The molecular formula is C20H20FN3O2S. The number of rotatable bonds is 8. The number of aromatic nitrogens is 3. The molecule has 0 N–H and O–H groups in total. The Hall–Kier alpha value is -2.67. The van der Waals surface area contributed by atoms with Crippen LogP contribution in [0.3, 0.4) is 0 Å². The third kappa shape index (κ3) is 4.95. The lowest BCUT2D eigenvalue weighted by Crippen LogP contribution is -2.09. The van der Waals surface area contributed by atoms with Gasteiger partial charge in [-0.2, -0.15) is 0 Å². The van der Waals surface area contributed by atoms with Crippen molar-refractivity contribution in [3.8, 4) is 11.4 Å². The quantitative estimate of drug-likeness (QED) is 0.434. The Morgan fingerprint density at radius 2 is 1.85 bits per heavy atom. The molecule has 0 saturated heterocycles. The van der Waals surface area contributed by atoms with Gasteiger partial charge in [-0.1, -0.05) is 54.2 Å². The Labute approximate surface area is 161 Å². The van der Waals surface area contributed by atoms with E-state index in [9.17, 15) is 9.18 Å². The van der Waals surface area contributed by atoms with Crippen LogP contribution >= 0.6 is 11.8 Å². The van der Waals surface area contributed by atoms with Crippen molar-refractivity contribution in [2.45, 2.75) is 25.0 Å². The molecule has 0 fully saturated rings. The highest BCUT2D eigenvalue weighted by atomic mass is 32.2. The third-order valence-electron chi connectivity index (χ3n) is 3.92. The van der Waals surface area contributed by atoms with Crippen LogP contribution in [0.4, 0.5) is 4.39 Å². The first-order valence-corrected chi connectivity index (χ1v) is 9.68. The summed E-state index contributed by atoms with van der Waals surface area (Å²) in [6.07, 6.45) is 0.743. The molecule has 3 aromatic rings. The second-order valence-corrected chi connectivity index (χ2v) is 6.71. The van der Waals surface area contributed by atoms with E-state index in [2.05, 4.69) is 10.2 Å². The smallest absolute Gasteiger partial charge is 0.316 e. The van der Waals surface area contributed by atoms with Crippen molar-refractivity contribution in [1.82, 2.24) is 14.8 Å². The second kappa shape index (κ2) is 9.32. The average Bonchev–Trinajstić information content (AvgIpc) is 3.09. The molecule has 1 heterocycles. The summed E-state index contributed by atoms with van der Waals surface area (Å²) < 4.78 is 21.1. The summed E-state index contributed by atoms with van der Waals surface area (Å²) in [7, 11) is 0. The minimum atomic E-state index is -0.354. The predicted octanol–water partition coefficient (Wildman–Crippen LogP) is 3.98. The number of halogens is 1. The largest absolute Gasteiger partial charge is 0.465 e. The van der Waals surface area contributed by atoms with E-state index >= 15 is 0 Å². The first kappa shape index (κ1) is 19.1. The van der Waals surface area contributed by atoms with Gasteiger partial charge in [-0.15, -0.1) is 10.2 Å². The Balaban J connectivity index is 1.86. The van der Waals surface area contributed by atoms with Gasteiger partial charge >= 0.3 is 5.97 Å². The summed E-state index contributed by atoms with van der Waals surface area (Å²) in [5.74, 6) is -0.0788. The first-order valence-electron chi connectivity index (χ1n) is 8.69. The molecule has 2 aromatic carbocycles. The number of hydrogen-bond donors (Lipinski definition) is 0. The summed E-state index contributed by atoms with van der Waals surface area (Å²) in [5, 5.41) is 8.93. The highest BCUT2D eigenvalue weighted by Crippen LogP contribution is 2.26. The van der Waals surface area contributed by atoms with E-state index in [0.717, 1.165) is 12.0 Å². The second-order valence-electron chi connectivity index (χ2n) is 5.77. The molecule has 0 aliphatic carbocycles. The topological polar surface area (TPSA) is 57.0 Å². The van der Waals surface area contributed by atoms with Crippen LogP contribution < -0.4 is 0 Å². The molecule has 7 heteroatoms. The van der Waals surface area contributed by atoms with Gasteiger partial charge in [-0.3, -0.25) is 4.79 Å². The molecule has 0 atom stereocenters. The molecule has 0 radical (unpaired) electrons. The van der Waals surface area contributed by atoms with E-state index in [-0.39, 0.29) is 17.5 Å². The van der Waals surface area contributed by atoms with Crippen LogP contribution in [0, 0.1) is 5.82 Å². The van der Waals surface area contributed by atoms with E-state index in [0.29, 0.717) is 29.7 Å². The monoisotopic (exact) mass is 385 g/mol. The molecule has 0 spiro atoms. The van der Waals surface area contributed by atoms with E-state index < -0.39 is 0 Å². The standard InChI is InChI=1S/C20H20FN3O2S/c1-2-26-18(25)14-27-20-23-22-19(16-10-6-7-11-17(16)21)24(20)13-12-15-8-4-3-5-9-15/h3-11H,2,12-14H2,1H3. The van der Waals surface area contributed by atoms with Crippen molar-refractivity contribution in [2.24, 2.45) is 0 Å². The summed E-state index contributed by atoms with van der Waals surface area (Å²) in [4.78, 5) is 11.7. The van der Waals surface area contributed by atoms with Crippen molar-refractivity contribution < 1.29 is 13.9 Å². The molecule has 0 unspecified atom stereocenters. The minimum Gasteiger partial charge on any atom is -0.465 e. The number of aryl methyl sites for hydroxylation is 1. The molecule has 140 valence electrons. The molecular weight excluding hydrogens is 365 g/mol. The van der Waals surface area contributed by atoms with Crippen LogP contribution in [0.5, 0.6) is 0 Å². The number of carbonyl (C=O) groups excluding carboxylic acids is 1. The van der Waals surface area contributed by atoms with Gasteiger partial charge in [-0.05, 0) is 31.0 Å². The normalized spacial score (nSPS) is 10.7. The van der Waals surface area contributed by atoms with E-state index in [1.807, 2.05) is 34.9 Å². The molecule has 1 aromatic heterocycles. The Bertz CT molecular complexity index is 899. The van der Waals surface area contributed by atoms with Gasteiger partial charge in [0.1, 0.15) is 5.82 Å². The fourth-order valence-electron chi connectivity index (χ4n) is 2.65. The van der Waals surface area contributed by atoms with Crippen molar-refractivity contribution >= 4 is 17.7 Å². The number of hydrogen-bond acceptors (Lipinski definition) is 5. The van der Waals surface area contributed by atoms with Crippen molar-refractivity contribution in [1.29, 1.82) is 0 Å². The zero-order chi connectivity index (χ0) is 19.1. The zero-order valence-electron chi connectivity index (χ0n) is 15.0. The third-order valence-corrected chi connectivity index (χ3v) is 4.86. The molecule has 0 aliphatic rings. The Morgan fingerprint density at radius 3 is 2.59 bits per heavy atom. The molecule has 0 amide bonds. The van der Waals surface area contributed by atoms with E-state index in [1.165, 1.54) is 17.8 Å². The zero-order valence-corrected chi connectivity index (χ0v) is 15.8. The summed E-state index contributed by atoms with van der Waals surface area (Å²) in [5.41, 5.74) is 1.55. The summed E-state index contributed by atoms with van der Waals surface area (Å²) >= 11 is 1.24. The van der Waals surface area contributed by atoms with Gasteiger partial charge in [0.2, 0.25) is 0 Å². The van der Waals surface area contributed by atoms with Crippen LogP contribution in [-0.4, -0.2) is 33.1 Å². The molecule has 0 bridgehead atoms. The number of nitrogens with zero attached hydrogens (tertiary/aromatic N) is 3. The lowest BCUT2D eigenvalue weighted by Gasteiger charge is -2.11. The minimum absolute atomic E-state index is 0.134. The van der Waals surface area contributed by atoms with Crippen molar-refractivity contribution in [3.05, 3.63) is 66.0 Å². The van der Waals surface area contributed by atoms with Gasteiger partial charge in [0.25, 0.3) is 0 Å². The maximum Gasteiger partial charge on any atom is 0.316 e. The lowest BCUT2D eigenvalue weighted by atomic mass is 10.1. The van der Waals surface area contributed by atoms with Crippen LogP contribution in [-0.2, 0) is 22.5 Å². The van der Waals surface area contributed by atoms with Gasteiger partial charge < -0.3 is 9.30 Å². The van der Waals surface area contributed by atoms with Crippen LogP contribution in [0.1, 0.15) is 12.5 Å². The lowest BCUT2D eigenvalue weighted by molar-refractivity contribution is -0.139. The molecule has 0 aliphatic heterocycles. The number of benzene rings is 2. The number of ether oxygens (including phenoxy) is 1. The molecule has 0 saturated carbocycles. The predicted molar refractivity (Wildman–Crippen MR) is 103 cm³/mol. The van der Waals surface area contributed by atoms with Gasteiger partial charge in [0, 0.05) is 6.54 Å². The maximum atomic E-state index is 14.3. The molecule has 3 rings (SSSR count). The fourth-order valence-corrected chi connectivity index (χ4v) is 3.41. The summed E-state index contributed by atoms with van der Waals surface area (Å²) in [6, 6.07) is 16.5. The van der Waals surface area contributed by atoms with Gasteiger partial charge in [0.05, 0.1) is 17.9 Å². The highest BCUT2D eigenvalue weighted by Gasteiger charge is 2.18. The van der Waals surface area contributed by atoms with Crippen LogP contribution in [0.15, 0.2) is 59.8 Å². The van der Waals surface area contributed by atoms with Crippen LogP contribution in [0.2, 0.25) is 0 Å². The maximum absolute atomic E-state index is 14.3. The van der Waals surface area contributed by atoms with Crippen LogP contribution in [0.25, 0.3) is 11.4 Å². The SMILES string of the molecule is CCOC(=O)CSc1nnc(-c2ccccc2F)n1CCc1ccccc1. The number of esters is 1. The van der Waals surface area contributed by atoms with E-state index in [4.69, 9.17) is 4.74 Å². The van der Waals surface area contributed by atoms with Gasteiger partial charge in [-0.25, -0.2) is 4.39 Å². The van der Waals surface area contributed by atoms with Gasteiger partial charge in [0.15, 0.2) is 11.0 Å². The highest BCUT2D eigenvalue weighted by molar-refractivity contribution is 7.99. The average molecular weight is 385 g/mol. The number of thioether (sulfide) groups is 1. The summed E-state index contributed by atoms with van der Waals surface area (Å²) in [6.45, 7) is 2.67. The first-order chi connectivity index (χ1) is 13.2. The Kier molecular flexibility index (Phi) is 6.59. The van der Waals surface area contributed by atoms with Crippen molar-refractivity contribution in [3.63, 3.8) is 0 Å². The van der Waals surface area contributed by atoms with Crippen molar-refractivity contribution in [2.75, 3.05) is 12.4 Å². The van der Waals surface area contributed by atoms with E-state index in [1.54, 1.807) is 25.1 Å². The molecule has 5 nitrogen and oxygen atoms in total.